The zero-order valence-corrected chi connectivity index (χ0v) is 11.4. The van der Waals surface area contributed by atoms with Crippen LogP contribution in [0.5, 0.6) is 0 Å². The predicted octanol–water partition coefficient (Wildman–Crippen LogP) is 2.32. The van der Waals surface area contributed by atoms with Crippen LogP contribution in [0.4, 0.5) is 0 Å². The Kier molecular flexibility index (Phi) is 3.50. The SMILES string of the molecule is C#CC1(S(=O)(=O)c2ccccc2)C=CC(OC)=CC1. The van der Waals surface area contributed by atoms with Crippen LogP contribution in [-0.4, -0.2) is 20.3 Å². The lowest BCUT2D eigenvalue weighted by molar-refractivity contribution is 0.303. The van der Waals surface area contributed by atoms with Gasteiger partial charge < -0.3 is 4.74 Å². The molecule has 0 spiro atoms. The lowest BCUT2D eigenvalue weighted by atomic mass is 10.00. The number of rotatable bonds is 3. The standard InChI is InChI=1S/C15H14O3S/c1-3-15(11-9-13(18-2)10-12-15)19(16,17)14-7-5-4-6-8-14/h1,4-11H,12H2,2H3. The Morgan fingerprint density at radius 1 is 1.32 bits per heavy atom. The molecule has 0 saturated carbocycles. The molecule has 0 N–H and O–H groups in total. The highest BCUT2D eigenvalue weighted by Crippen LogP contribution is 2.33. The number of ether oxygens (including phenoxy) is 1. The van der Waals surface area contributed by atoms with Crippen molar-refractivity contribution in [1.29, 1.82) is 0 Å². The van der Waals surface area contributed by atoms with Gasteiger partial charge in [0.2, 0.25) is 0 Å². The first-order chi connectivity index (χ1) is 9.05. The minimum Gasteiger partial charge on any atom is -0.497 e. The molecule has 0 aliphatic heterocycles. The van der Waals surface area contributed by atoms with Crippen molar-refractivity contribution in [3.05, 3.63) is 54.3 Å². The van der Waals surface area contributed by atoms with Crippen LogP contribution in [-0.2, 0) is 14.6 Å². The van der Waals surface area contributed by atoms with Crippen LogP contribution in [0.1, 0.15) is 6.42 Å². The van der Waals surface area contributed by atoms with Crippen LogP contribution in [0.2, 0.25) is 0 Å². The molecule has 1 unspecified atom stereocenters. The van der Waals surface area contributed by atoms with Crippen LogP contribution in [0, 0.1) is 12.3 Å². The summed E-state index contributed by atoms with van der Waals surface area (Å²) in [5.74, 6) is 3.05. The summed E-state index contributed by atoms with van der Waals surface area (Å²) in [4.78, 5) is 0.229. The van der Waals surface area contributed by atoms with E-state index in [1.165, 1.54) is 13.2 Å². The van der Waals surface area contributed by atoms with Gasteiger partial charge in [0.05, 0.1) is 12.0 Å². The van der Waals surface area contributed by atoms with Crippen molar-refractivity contribution in [3.8, 4) is 12.3 Å². The summed E-state index contributed by atoms with van der Waals surface area (Å²) in [7, 11) is -2.10. The third kappa shape index (κ3) is 2.18. The van der Waals surface area contributed by atoms with E-state index in [-0.39, 0.29) is 11.3 Å². The normalized spacial score (nSPS) is 22.4. The van der Waals surface area contributed by atoms with E-state index in [2.05, 4.69) is 5.92 Å². The molecule has 1 aromatic rings. The average Bonchev–Trinajstić information content (AvgIpc) is 2.48. The van der Waals surface area contributed by atoms with Gasteiger partial charge >= 0.3 is 0 Å². The van der Waals surface area contributed by atoms with Crippen molar-refractivity contribution in [2.75, 3.05) is 7.11 Å². The fourth-order valence-corrected chi connectivity index (χ4v) is 3.59. The van der Waals surface area contributed by atoms with Gasteiger partial charge in [0, 0.05) is 6.42 Å². The zero-order valence-electron chi connectivity index (χ0n) is 10.5. The van der Waals surface area contributed by atoms with Crippen molar-refractivity contribution in [1.82, 2.24) is 0 Å². The van der Waals surface area contributed by atoms with Crippen molar-refractivity contribution >= 4 is 9.84 Å². The van der Waals surface area contributed by atoms with Crippen LogP contribution in [0.25, 0.3) is 0 Å². The highest BCUT2D eigenvalue weighted by Gasteiger charge is 2.41. The Bertz CT molecular complexity index is 663. The van der Waals surface area contributed by atoms with E-state index in [1.54, 1.807) is 42.5 Å². The Morgan fingerprint density at radius 2 is 2.00 bits per heavy atom. The first-order valence-electron chi connectivity index (χ1n) is 5.76. The Balaban J connectivity index is 2.49. The third-order valence-corrected chi connectivity index (χ3v) is 5.41. The van der Waals surface area contributed by atoms with Gasteiger partial charge in [-0.25, -0.2) is 8.42 Å². The molecule has 1 atom stereocenters. The second-order valence-corrected chi connectivity index (χ2v) is 6.41. The number of methoxy groups -OCH3 is 1. The highest BCUT2D eigenvalue weighted by molar-refractivity contribution is 7.93. The Morgan fingerprint density at radius 3 is 2.47 bits per heavy atom. The molecule has 3 nitrogen and oxygen atoms in total. The number of hydrogen-bond donors (Lipinski definition) is 0. The maximum atomic E-state index is 12.7. The maximum absolute atomic E-state index is 12.7. The second kappa shape index (κ2) is 4.94. The minimum absolute atomic E-state index is 0.209. The topological polar surface area (TPSA) is 43.4 Å². The van der Waals surface area contributed by atoms with Crippen molar-refractivity contribution < 1.29 is 13.2 Å². The first kappa shape index (κ1) is 13.4. The minimum atomic E-state index is -3.63. The van der Waals surface area contributed by atoms with Gasteiger partial charge in [-0.05, 0) is 30.4 Å². The summed E-state index contributed by atoms with van der Waals surface area (Å²) in [5.41, 5.74) is 0. The summed E-state index contributed by atoms with van der Waals surface area (Å²) in [6, 6.07) is 8.23. The predicted molar refractivity (Wildman–Crippen MR) is 74.0 cm³/mol. The summed E-state index contributed by atoms with van der Waals surface area (Å²) >= 11 is 0. The van der Waals surface area contributed by atoms with Gasteiger partial charge in [0.25, 0.3) is 0 Å². The molecule has 19 heavy (non-hydrogen) atoms. The molecule has 0 amide bonds. The van der Waals surface area contributed by atoms with E-state index in [0.717, 1.165) is 0 Å². The number of allylic oxidation sites excluding steroid dienone is 2. The van der Waals surface area contributed by atoms with Gasteiger partial charge in [-0.3, -0.25) is 0 Å². The van der Waals surface area contributed by atoms with Gasteiger partial charge in [-0.1, -0.05) is 24.1 Å². The molecule has 1 aliphatic rings. The largest absolute Gasteiger partial charge is 0.497 e. The van der Waals surface area contributed by atoms with Gasteiger partial charge in [-0.15, -0.1) is 6.42 Å². The summed E-state index contributed by atoms with van der Waals surface area (Å²) in [6.07, 6.45) is 10.5. The molecule has 4 heteroatoms. The number of sulfone groups is 1. The van der Waals surface area contributed by atoms with Crippen LogP contribution in [0.3, 0.4) is 0 Å². The fraction of sp³-hybridized carbons (Fsp3) is 0.200. The number of benzene rings is 1. The first-order valence-corrected chi connectivity index (χ1v) is 7.25. The molecule has 0 heterocycles. The van der Waals surface area contributed by atoms with Crippen LogP contribution < -0.4 is 0 Å². The van der Waals surface area contributed by atoms with Gasteiger partial charge in [0.1, 0.15) is 5.76 Å². The molecule has 98 valence electrons. The molecule has 2 rings (SSSR count). The van der Waals surface area contributed by atoms with Crippen LogP contribution >= 0.6 is 0 Å². The number of hydrogen-bond acceptors (Lipinski definition) is 3. The van der Waals surface area contributed by atoms with Crippen molar-refractivity contribution in [2.24, 2.45) is 0 Å². The van der Waals surface area contributed by atoms with E-state index in [0.29, 0.717) is 5.76 Å². The maximum Gasteiger partial charge on any atom is 0.199 e. The fourth-order valence-electron chi connectivity index (χ4n) is 1.95. The van der Waals surface area contributed by atoms with E-state index in [1.807, 2.05) is 0 Å². The van der Waals surface area contributed by atoms with Gasteiger partial charge in [0.15, 0.2) is 14.6 Å². The quantitative estimate of drug-likeness (QED) is 0.794. The molecular weight excluding hydrogens is 260 g/mol. The highest BCUT2D eigenvalue weighted by atomic mass is 32.2. The third-order valence-electron chi connectivity index (χ3n) is 3.14. The van der Waals surface area contributed by atoms with Crippen LogP contribution in [0.15, 0.2) is 59.2 Å². The van der Waals surface area contributed by atoms with Crippen molar-refractivity contribution in [2.45, 2.75) is 16.1 Å². The second-order valence-electron chi connectivity index (χ2n) is 4.20. The lowest BCUT2D eigenvalue weighted by Crippen LogP contribution is -2.36. The Labute approximate surface area is 113 Å². The molecule has 1 aliphatic carbocycles. The summed E-state index contributed by atoms with van der Waals surface area (Å²) < 4.78 is 29.1. The van der Waals surface area contributed by atoms with E-state index >= 15 is 0 Å². The van der Waals surface area contributed by atoms with Gasteiger partial charge in [-0.2, -0.15) is 0 Å². The molecule has 0 aromatic heterocycles. The average molecular weight is 274 g/mol. The monoisotopic (exact) mass is 274 g/mol. The van der Waals surface area contributed by atoms with E-state index in [9.17, 15) is 8.42 Å². The lowest BCUT2D eigenvalue weighted by Gasteiger charge is -2.26. The molecule has 0 bridgehead atoms. The number of terminal acetylenes is 1. The smallest absolute Gasteiger partial charge is 0.199 e. The molecule has 1 aromatic carbocycles. The van der Waals surface area contributed by atoms with E-state index in [4.69, 9.17) is 11.2 Å². The summed E-state index contributed by atoms with van der Waals surface area (Å²) in [5, 5.41) is 0. The Hall–Kier alpha value is -1.99. The molecular formula is C15H14O3S. The molecule has 0 fully saturated rings. The molecule has 0 radical (unpaired) electrons. The summed E-state index contributed by atoms with van der Waals surface area (Å²) in [6.45, 7) is 0. The molecule has 0 saturated heterocycles. The zero-order chi connectivity index (χ0) is 13.9. The van der Waals surface area contributed by atoms with E-state index < -0.39 is 14.6 Å². The van der Waals surface area contributed by atoms with Crippen molar-refractivity contribution in [3.63, 3.8) is 0 Å².